The van der Waals surface area contributed by atoms with E-state index in [9.17, 15) is 4.79 Å². The number of benzene rings is 1. The summed E-state index contributed by atoms with van der Waals surface area (Å²) in [5.41, 5.74) is 1.37. The highest BCUT2D eigenvalue weighted by Gasteiger charge is 2.29. The molecule has 0 atom stereocenters. The number of nitrogens with one attached hydrogen (secondary N) is 1. The van der Waals surface area contributed by atoms with Crippen molar-refractivity contribution in [3.8, 4) is 5.75 Å². The molecule has 3 aromatic rings. The SMILES string of the molecule is COc1ccc2cc(CN(C)Cc3noc(C4CC4)n3)c(=O)[nH]c2c1. The van der Waals surface area contributed by atoms with Gasteiger partial charge in [-0.05, 0) is 43.5 Å². The molecule has 1 saturated carbocycles. The monoisotopic (exact) mass is 340 g/mol. The van der Waals surface area contributed by atoms with Gasteiger partial charge < -0.3 is 14.2 Å². The Balaban J connectivity index is 1.50. The van der Waals surface area contributed by atoms with Crippen molar-refractivity contribution in [2.45, 2.75) is 31.8 Å². The molecule has 0 amide bonds. The van der Waals surface area contributed by atoms with Crippen LogP contribution >= 0.6 is 0 Å². The quantitative estimate of drug-likeness (QED) is 0.742. The minimum Gasteiger partial charge on any atom is -0.497 e. The lowest BCUT2D eigenvalue weighted by atomic mass is 10.1. The number of aromatic nitrogens is 3. The zero-order chi connectivity index (χ0) is 17.4. The predicted molar refractivity (Wildman–Crippen MR) is 92.6 cm³/mol. The van der Waals surface area contributed by atoms with Crippen LogP contribution in [-0.4, -0.2) is 34.2 Å². The number of rotatable bonds is 6. The maximum absolute atomic E-state index is 12.3. The molecule has 0 radical (unpaired) electrons. The lowest BCUT2D eigenvalue weighted by molar-refractivity contribution is 0.299. The van der Waals surface area contributed by atoms with Gasteiger partial charge in [0.2, 0.25) is 5.89 Å². The van der Waals surface area contributed by atoms with E-state index in [0.29, 0.717) is 30.4 Å². The predicted octanol–water partition coefficient (Wildman–Crippen LogP) is 2.43. The van der Waals surface area contributed by atoms with E-state index in [1.54, 1.807) is 7.11 Å². The van der Waals surface area contributed by atoms with Crippen LogP contribution in [0, 0.1) is 0 Å². The van der Waals surface area contributed by atoms with Gasteiger partial charge in [-0.1, -0.05) is 5.16 Å². The first-order valence-corrected chi connectivity index (χ1v) is 8.33. The van der Waals surface area contributed by atoms with E-state index >= 15 is 0 Å². The van der Waals surface area contributed by atoms with Crippen LogP contribution in [0.5, 0.6) is 5.75 Å². The van der Waals surface area contributed by atoms with Gasteiger partial charge in [0.1, 0.15) is 5.75 Å². The molecule has 130 valence electrons. The smallest absolute Gasteiger partial charge is 0.252 e. The van der Waals surface area contributed by atoms with Gasteiger partial charge in [-0.15, -0.1) is 0 Å². The van der Waals surface area contributed by atoms with Crippen LogP contribution in [0.15, 0.2) is 33.6 Å². The number of nitrogens with zero attached hydrogens (tertiary/aromatic N) is 3. The second-order valence-electron chi connectivity index (χ2n) is 6.57. The Morgan fingerprint density at radius 2 is 2.16 bits per heavy atom. The number of methoxy groups -OCH3 is 1. The van der Waals surface area contributed by atoms with Crippen molar-refractivity contribution >= 4 is 10.9 Å². The maximum atomic E-state index is 12.3. The standard InChI is InChI=1S/C18H20N4O3/c1-22(10-16-20-18(25-21-16)11-3-4-11)9-13-7-12-5-6-14(24-2)8-15(12)19-17(13)23/h5-8,11H,3-4,9-10H2,1-2H3,(H,19,23). The molecule has 25 heavy (non-hydrogen) atoms. The Labute approximate surface area is 144 Å². The van der Waals surface area contributed by atoms with Crippen molar-refractivity contribution in [3.63, 3.8) is 0 Å². The molecular formula is C18H20N4O3. The van der Waals surface area contributed by atoms with Gasteiger partial charge in [0.05, 0.1) is 19.2 Å². The van der Waals surface area contributed by atoms with Gasteiger partial charge in [0.25, 0.3) is 5.56 Å². The summed E-state index contributed by atoms with van der Waals surface area (Å²) < 4.78 is 10.5. The van der Waals surface area contributed by atoms with Crippen molar-refractivity contribution in [2.75, 3.05) is 14.2 Å². The summed E-state index contributed by atoms with van der Waals surface area (Å²) in [7, 11) is 3.54. The molecule has 0 bridgehead atoms. The average molecular weight is 340 g/mol. The Morgan fingerprint density at radius 3 is 2.92 bits per heavy atom. The number of fused-ring (bicyclic) bond motifs is 1. The zero-order valence-electron chi connectivity index (χ0n) is 14.3. The highest BCUT2D eigenvalue weighted by atomic mass is 16.5. The van der Waals surface area contributed by atoms with Crippen LogP contribution in [0.2, 0.25) is 0 Å². The molecule has 0 unspecified atom stereocenters. The summed E-state index contributed by atoms with van der Waals surface area (Å²) in [6.45, 7) is 1.04. The van der Waals surface area contributed by atoms with E-state index in [1.807, 2.05) is 36.2 Å². The molecule has 0 aliphatic heterocycles. The summed E-state index contributed by atoms with van der Waals surface area (Å²) in [5, 5.41) is 4.99. The van der Waals surface area contributed by atoms with E-state index in [2.05, 4.69) is 15.1 Å². The number of hydrogen-bond acceptors (Lipinski definition) is 6. The van der Waals surface area contributed by atoms with Crippen molar-refractivity contribution in [1.29, 1.82) is 0 Å². The topological polar surface area (TPSA) is 84.2 Å². The average Bonchev–Trinajstić information content (AvgIpc) is 3.35. The Morgan fingerprint density at radius 1 is 1.32 bits per heavy atom. The number of H-pyrrole nitrogens is 1. The number of hydrogen-bond donors (Lipinski definition) is 1. The fourth-order valence-electron chi connectivity index (χ4n) is 2.89. The fourth-order valence-corrected chi connectivity index (χ4v) is 2.89. The molecule has 1 aliphatic rings. The van der Waals surface area contributed by atoms with Gasteiger partial charge >= 0.3 is 0 Å². The van der Waals surface area contributed by atoms with Crippen LogP contribution in [0.3, 0.4) is 0 Å². The van der Waals surface area contributed by atoms with Crippen molar-refractivity contribution in [3.05, 3.63) is 51.9 Å². The minimum atomic E-state index is -0.0978. The molecule has 1 fully saturated rings. The Hall–Kier alpha value is -2.67. The number of ether oxygens (including phenoxy) is 1. The molecule has 2 aromatic heterocycles. The molecule has 7 nitrogen and oxygen atoms in total. The molecular weight excluding hydrogens is 320 g/mol. The zero-order valence-corrected chi connectivity index (χ0v) is 14.3. The number of pyridine rings is 1. The third kappa shape index (κ3) is 3.41. The van der Waals surface area contributed by atoms with Crippen LogP contribution in [0.1, 0.15) is 36.0 Å². The van der Waals surface area contributed by atoms with E-state index < -0.39 is 0 Å². The summed E-state index contributed by atoms with van der Waals surface area (Å²) in [4.78, 5) is 21.7. The first kappa shape index (κ1) is 15.8. The van der Waals surface area contributed by atoms with Crippen molar-refractivity contribution in [1.82, 2.24) is 20.0 Å². The van der Waals surface area contributed by atoms with Gasteiger partial charge in [-0.25, -0.2) is 0 Å². The van der Waals surface area contributed by atoms with Crippen LogP contribution < -0.4 is 10.3 Å². The van der Waals surface area contributed by atoms with E-state index in [0.717, 1.165) is 35.4 Å². The summed E-state index contributed by atoms with van der Waals surface area (Å²) in [6, 6.07) is 7.56. The van der Waals surface area contributed by atoms with Crippen LogP contribution in [0.25, 0.3) is 10.9 Å². The van der Waals surface area contributed by atoms with E-state index in [4.69, 9.17) is 9.26 Å². The molecule has 1 aliphatic carbocycles. The fraction of sp³-hybridized carbons (Fsp3) is 0.389. The van der Waals surface area contributed by atoms with E-state index in [-0.39, 0.29) is 5.56 Å². The second-order valence-corrected chi connectivity index (χ2v) is 6.57. The van der Waals surface area contributed by atoms with Gasteiger partial charge in [0.15, 0.2) is 5.82 Å². The summed E-state index contributed by atoms with van der Waals surface area (Å²) >= 11 is 0. The summed E-state index contributed by atoms with van der Waals surface area (Å²) in [6.07, 6.45) is 2.27. The number of aromatic amines is 1. The Kier molecular flexibility index (Phi) is 4.01. The van der Waals surface area contributed by atoms with Crippen molar-refractivity contribution in [2.24, 2.45) is 0 Å². The highest BCUT2D eigenvalue weighted by molar-refractivity contribution is 5.80. The first-order valence-electron chi connectivity index (χ1n) is 8.33. The van der Waals surface area contributed by atoms with Gasteiger partial charge in [-0.3, -0.25) is 9.69 Å². The third-order valence-corrected chi connectivity index (χ3v) is 4.39. The molecule has 0 spiro atoms. The van der Waals surface area contributed by atoms with Gasteiger partial charge in [0, 0.05) is 24.1 Å². The Bertz CT molecular complexity index is 958. The maximum Gasteiger partial charge on any atom is 0.252 e. The third-order valence-electron chi connectivity index (χ3n) is 4.39. The lowest BCUT2D eigenvalue weighted by Gasteiger charge is -2.14. The van der Waals surface area contributed by atoms with E-state index in [1.165, 1.54) is 0 Å². The molecule has 0 saturated heterocycles. The van der Waals surface area contributed by atoms with Crippen molar-refractivity contribution < 1.29 is 9.26 Å². The van der Waals surface area contributed by atoms with Crippen LogP contribution in [-0.2, 0) is 13.1 Å². The first-order chi connectivity index (χ1) is 12.1. The molecule has 7 heteroatoms. The molecule has 1 aromatic carbocycles. The normalized spacial score (nSPS) is 14.4. The minimum absolute atomic E-state index is 0.0978. The molecule has 2 heterocycles. The van der Waals surface area contributed by atoms with Crippen LogP contribution in [0.4, 0.5) is 0 Å². The highest BCUT2D eigenvalue weighted by Crippen LogP contribution is 2.38. The second kappa shape index (κ2) is 6.33. The molecule has 4 rings (SSSR count). The summed E-state index contributed by atoms with van der Waals surface area (Å²) in [5.74, 6) is 2.57. The van der Waals surface area contributed by atoms with Gasteiger partial charge in [-0.2, -0.15) is 4.98 Å². The molecule has 1 N–H and O–H groups in total. The largest absolute Gasteiger partial charge is 0.497 e. The lowest BCUT2D eigenvalue weighted by Crippen LogP contribution is -2.23.